The zero-order chi connectivity index (χ0) is 16.6. The van der Waals surface area contributed by atoms with E-state index in [1.807, 2.05) is 55.4 Å². The molecule has 118 valence electrons. The molecular formula is C16H16ClN5O. The molecule has 0 fully saturated rings. The molecule has 23 heavy (non-hydrogen) atoms. The molecule has 0 unspecified atom stereocenters. The van der Waals surface area contributed by atoms with Gasteiger partial charge < -0.3 is 10.6 Å². The number of nitrogens with one attached hydrogen (secondary N) is 2. The van der Waals surface area contributed by atoms with Crippen molar-refractivity contribution in [2.45, 2.75) is 0 Å². The third-order valence-electron chi connectivity index (χ3n) is 3.55. The number of H-pyrrole nitrogens is 1. The first-order valence-electron chi connectivity index (χ1n) is 6.99. The average molecular weight is 330 g/mol. The molecule has 0 aliphatic carbocycles. The smallest absolute Gasteiger partial charge is 0.317 e. The number of benzene rings is 2. The van der Waals surface area contributed by atoms with E-state index >= 15 is 0 Å². The van der Waals surface area contributed by atoms with Gasteiger partial charge in [0, 0.05) is 25.0 Å². The molecule has 3 aromatic rings. The zero-order valence-electron chi connectivity index (χ0n) is 12.7. The fourth-order valence-corrected chi connectivity index (χ4v) is 3.00. The minimum Gasteiger partial charge on any atom is -0.375 e. The van der Waals surface area contributed by atoms with Crippen LogP contribution in [-0.4, -0.2) is 30.3 Å². The molecule has 0 bridgehead atoms. The number of fused-ring (bicyclic) bond motifs is 1. The van der Waals surface area contributed by atoms with Crippen LogP contribution in [0.25, 0.3) is 22.0 Å². The zero-order valence-corrected chi connectivity index (χ0v) is 13.5. The van der Waals surface area contributed by atoms with Crippen molar-refractivity contribution in [3.63, 3.8) is 0 Å². The number of urea groups is 1. The first-order chi connectivity index (χ1) is 11.0. The summed E-state index contributed by atoms with van der Waals surface area (Å²) in [5.41, 5.74) is 8.59. The van der Waals surface area contributed by atoms with Crippen molar-refractivity contribution in [3.05, 3.63) is 41.4 Å². The Morgan fingerprint density at radius 2 is 2.00 bits per heavy atom. The molecule has 6 nitrogen and oxygen atoms in total. The lowest BCUT2D eigenvalue weighted by Crippen LogP contribution is -2.19. The van der Waals surface area contributed by atoms with Gasteiger partial charge in [-0.05, 0) is 11.6 Å². The number of anilines is 2. The Hall–Kier alpha value is -2.73. The Morgan fingerprint density at radius 1 is 1.30 bits per heavy atom. The number of nitrogens with zero attached hydrogens (tertiary/aromatic N) is 2. The number of hydrogen-bond acceptors (Lipinski definition) is 3. The predicted molar refractivity (Wildman–Crippen MR) is 94.1 cm³/mol. The van der Waals surface area contributed by atoms with Gasteiger partial charge in [0.1, 0.15) is 0 Å². The fraction of sp³-hybridized carbons (Fsp3) is 0.125. The first kappa shape index (κ1) is 15.2. The van der Waals surface area contributed by atoms with Crippen LogP contribution in [0.15, 0.2) is 36.4 Å². The number of amides is 2. The molecule has 2 amide bonds. The third-order valence-corrected chi connectivity index (χ3v) is 3.93. The van der Waals surface area contributed by atoms with Gasteiger partial charge in [-0.15, -0.1) is 0 Å². The maximum Gasteiger partial charge on any atom is 0.317 e. The van der Waals surface area contributed by atoms with E-state index in [0.717, 1.165) is 27.7 Å². The number of carbonyl (C=O) groups is 1. The molecule has 3 rings (SSSR count). The maximum atomic E-state index is 11.2. The monoisotopic (exact) mass is 329 g/mol. The summed E-state index contributed by atoms with van der Waals surface area (Å²) in [6.07, 6.45) is 0. The fourth-order valence-electron chi connectivity index (χ4n) is 2.58. The van der Waals surface area contributed by atoms with Crippen molar-refractivity contribution in [1.82, 2.24) is 10.2 Å². The molecule has 0 radical (unpaired) electrons. The van der Waals surface area contributed by atoms with Gasteiger partial charge in [0.25, 0.3) is 0 Å². The summed E-state index contributed by atoms with van der Waals surface area (Å²) in [4.78, 5) is 13.1. The second kappa shape index (κ2) is 5.81. The number of nitrogens with two attached hydrogens (primary N) is 1. The van der Waals surface area contributed by atoms with Crippen LogP contribution in [-0.2, 0) is 0 Å². The van der Waals surface area contributed by atoms with E-state index < -0.39 is 6.03 Å². The van der Waals surface area contributed by atoms with Gasteiger partial charge in [-0.3, -0.25) is 10.4 Å². The van der Waals surface area contributed by atoms with Gasteiger partial charge in [-0.1, -0.05) is 41.9 Å². The van der Waals surface area contributed by atoms with Crippen LogP contribution >= 0.6 is 11.6 Å². The van der Waals surface area contributed by atoms with Crippen LogP contribution in [0.1, 0.15) is 0 Å². The lowest BCUT2D eigenvalue weighted by molar-refractivity contribution is 0.259. The molecule has 0 saturated heterocycles. The van der Waals surface area contributed by atoms with Crippen molar-refractivity contribution < 1.29 is 4.79 Å². The molecule has 0 saturated carbocycles. The summed E-state index contributed by atoms with van der Waals surface area (Å²) in [6.45, 7) is 0. The second-order valence-electron chi connectivity index (χ2n) is 5.33. The SMILES string of the molecule is CN(C)c1c(Cl)c(-c2ccccc2)cc2c(NC(N)=O)n[nH]c12. The number of carbonyl (C=O) groups excluding carboxylic acids is 1. The number of hydrogen-bond donors (Lipinski definition) is 3. The Kier molecular flexibility index (Phi) is 3.83. The normalized spacial score (nSPS) is 10.7. The maximum absolute atomic E-state index is 11.2. The number of aromatic amines is 1. The highest BCUT2D eigenvalue weighted by Crippen LogP contribution is 2.42. The molecule has 0 aliphatic heterocycles. The van der Waals surface area contributed by atoms with Crippen LogP contribution in [0.2, 0.25) is 5.02 Å². The lowest BCUT2D eigenvalue weighted by Gasteiger charge is -2.18. The number of rotatable bonds is 3. The molecule has 0 spiro atoms. The number of primary amides is 1. The molecule has 0 atom stereocenters. The van der Waals surface area contributed by atoms with E-state index in [2.05, 4.69) is 15.5 Å². The standard InChI is InChI=1S/C16H16ClN5O/c1-22(2)14-12(17)10(9-6-4-3-5-7-9)8-11-13(14)20-21-15(11)19-16(18)23/h3-8H,1-2H3,(H4,18,19,20,21,23). The van der Waals surface area contributed by atoms with E-state index in [-0.39, 0.29) is 0 Å². The van der Waals surface area contributed by atoms with Crippen LogP contribution < -0.4 is 16.0 Å². The van der Waals surface area contributed by atoms with Crippen molar-refractivity contribution >= 4 is 40.0 Å². The van der Waals surface area contributed by atoms with Gasteiger partial charge in [-0.25, -0.2) is 4.79 Å². The number of halogens is 1. The summed E-state index contributed by atoms with van der Waals surface area (Å²) >= 11 is 6.63. The largest absolute Gasteiger partial charge is 0.375 e. The Morgan fingerprint density at radius 3 is 2.61 bits per heavy atom. The highest BCUT2D eigenvalue weighted by Gasteiger charge is 2.19. The topological polar surface area (TPSA) is 87.0 Å². The highest BCUT2D eigenvalue weighted by atomic mass is 35.5. The molecule has 1 heterocycles. The second-order valence-corrected chi connectivity index (χ2v) is 5.71. The summed E-state index contributed by atoms with van der Waals surface area (Å²) in [7, 11) is 3.80. The molecule has 2 aromatic carbocycles. The summed E-state index contributed by atoms with van der Waals surface area (Å²) in [5.74, 6) is 0.379. The molecule has 4 N–H and O–H groups in total. The minimum atomic E-state index is -0.666. The van der Waals surface area contributed by atoms with Gasteiger partial charge in [-0.2, -0.15) is 5.10 Å². The lowest BCUT2D eigenvalue weighted by atomic mass is 10.0. The van der Waals surface area contributed by atoms with E-state index in [4.69, 9.17) is 17.3 Å². The van der Waals surface area contributed by atoms with E-state index in [0.29, 0.717) is 10.8 Å². The predicted octanol–water partition coefficient (Wildman–Crippen LogP) is 3.44. The van der Waals surface area contributed by atoms with E-state index in [1.54, 1.807) is 0 Å². The Labute approximate surface area is 138 Å². The van der Waals surface area contributed by atoms with Gasteiger partial charge in [0.15, 0.2) is 5.82 Å². The average Bonchev–Trinajstić information content (AvgIpc) is 2.88. The summed E-state index contributed by atoms with van der Waals surface area (Å²) < 4.78 is 0. The van der Waals surface area contributed by atoms with Crippen LogP contribution in [0.3, 0.4) is 0 Å². The highest BCUT2D eigenvalue weighted by molar-refractivity contribution is 6.38. The van der Waals surface area contributed by atoms with Crippen LogP contribution in [0.4, 0.5) is 16.3 Å². The van der Waals surface area contributed by atoms with E-state index in [9.17, 15) is 4.79 Å². The van der Waals surface area contributed by atoms with Crippen LogP contribution in [0.5, 0.6) is 0 Å². The first-order valence-corrected chi connectivity index (χ1v) is 7.36. The van der Waals surface area contributed by atoms with Crippen molar-refractivity contribution in [3.8, 4) is 11.1 Å². The quantitative estimate of drug-likeness (QED) is 0.688. The molecule has 1 aromatic heterocycles. The Balaban J connectivity index is 2.32. The van der Waals surface area contributed by atoms with Gasteiger partial charge in [0.05, 0.1) is 16.2 Å². The van der Waals surface area contributed by atoms with Crippen molar-refractivity contribution in [1.29, 1.82) is 0 Å². The third kappa shape index (κ3) is 2.68. The molecular weight excluding hydrogens is 314 g/mol. The van der Waals surface area contributed by atoms with Crippen LogP contribution in [0, 0.1) is 0 Å². The van der Waals surface area contributed by atoms with Crippen molar-refractivity contribution in [2.24, 2.45) is 5.73 Å². The van der Waals surface area contributed by atoms with E-state index in [1.165, 1.54) is 0 Å². The van der Waals surface area contributed by atoms with Crippen molar-refractivity contribution in [2.75, 3.05) is 24.3 Å². The summed E-state index contributed by atoms with van der Waals surface area (Å²) in [6, 6.07) is 11.0. The summed E-state index contributed by atoms with van der Waals surface area (Å²) in [5, 5.41) is 10.9. The molecule has 0 aliphatic rings. The number of aromatic nitrogens is 2. The van der Waals surface area contributed by atoms with Gasteiger partial charge in [0.2, 0.25) is 0 Å². The molecule has 7 heteroatoms. The Bertz CT molecular complexity index is 873. The van der Waals surface area contributed by atoms with Gasteiger partial charge >= 0.3 is 6.03 Å². The minimum absolute atomic E-state index is 0.379.